The van der Waals surface area contributed by atoms with Gasteiger partial charge in [0.25, 0.3) is 0 Å². The minimum atomic E-state index is 0.421. The molecule has 2 heteroatoms. The van der Waals surface area contributed by atoms with Gasteiger partial charge in [-0.3, -0.25) is 4.98 Å². The van der Waals surface area contributed by atoms with Crippen LogP contribution in [0.4, 0.5) is 0 Å². The van der Waals surface area contributed by atoms with E-state index in [4.69, 9.17) is 0 Å². The predicted molar refractivity (Wildman–Crippen MR) is 89.5 cm³/mol. The SMILES string of the molecule is CCCNC(CCc1cccnc1)c1ccc(C)c(C)c1. The minimum Gasteiger partial charge on any atom is -0.310 e. The highest BCUT2D eigenvalue weighted by Gasteiger charge is 2.11. The molecule has 0 spiro atoms. The van der Waals surface area contributed by atoms with E-state index >= 15 is 0 Å². The van der Waals surface area contributed by atoms with Gasteiger partial charge in [-0.15, -0.1) is 0 Å². The summed E-state index contributed by atoms with van der Waals surface area (Å²) in [7, 11) is 0. The zero-order valence-corrected chi connectivity index (χ0v) is 13.4. The summed E-state index contributed by atoms with van der Waals surface area (Å²) in [6.45, 7) is 7.64. The van der Waals surface area contributed by atoms with E-state index in [1.54, 1.807) is 0 Å². The lowest BCUT2D eigenvalue weighted by molar-refractivity contribution is 0.499. The number of aryl methyl sites for hydroxylation is 3. The fourth-order valence-electron chi connectivity index (χ4n) is 2.54. The first kappa shape index (κ1) is 15.7. The van der Waals surface area contributed by atoms with Crippen LogP contribution < -0.4 is 5.32 Å². The quantitative estimate of drug-likeness (QED) is 0.815. The first-order chi connectivity index (χ1) is 10.2. The molecule has 0 saturated heterocycles. The normalized spacial score (nSPS) is 12.3. The zero-order chi connectivity index (χ0) is 15.1. The van der Waals surface area contributed by atoms with E-state index < -0.39 is 0 Å². The molecular formula is C19H26N2. The van der Waals surface area contributed by atoms with Gasteiger partial charge in [0.15, 0.2) is 0 Å². The number of nitrogens with one attached hydrogen (secondary N) is 1. The van der Waals surface area contributed by atoms with Crippen LogP contribution in [0.15, 0.2) is 42.7 Å². The molecule has 1 aromatic heterocycles. The van der Waals surface area contributed by atoms with Gasteiger partial charge in [-0.25, -0.2) is 0 Å². The summed E-state index contributed by atoms with van der Waals surface area (Å²) in [6, 6.07) is 11.4. The molecule has 0 radical (unpaired) electrons. The van der Waals surface area contributed by atoms with Crippen molar-refractivity contribution in [3.63, 3.8) is 0 Å². The van der Waals surface area contributed by atoms with Crippen molar-refractivity contribution in [2.45, 2.75) is 46.1 Å². The van der Waals surface area contributed by atoms with E-state index in [2.05, 4.69) is 55.3 Å². The van der Waals surface area contributed by atoms with Crippen molar-refractivity contribution >= 4 is 0 Å². The van der Waals surface area contributed by atoms with Gasteiger partial charge in [0.1, 0.15) is 0 Å². The monoisotopic (exact) mass is 282 g/mol. The van der Waals surface area contributed by atoms with Gasteiger partial charge in [0, 0.05) is 18.4 Å². The summed E-state index contributed by atoms with van der Waals surface area (Å²) in [5.74, 6) is 0. The summed E-state index contributed by atoms with van der Waals surface area (Å²) >= 11 is 0. The summed E-state index contributed by atoms with van der Waals surface area (Å²) in [6.07, 6.45) is 7.13. The molecule has 1 aromatic carbocycles. The lowest BCUT2D eigenvalue weighted by Crippen LogP contribution is -2.23. The molecule has 0 aliphatic heterocycles. The molecule has 0 aliphatic carbocycles. The zero-order valence-electron chi connectivity index (χ0n) is 13.4. The Morgan fingerprint density at radius 2 is 2.00 bits per heavy atom. The average molecular weight is 282 g/mol. The molecule has 112 valence electrons. The molecule has 0 amide bonds. The van der Waals surface area contributed by atoms with Gasteiger partial charge < -0.3 is 5.32 Å². The Bertz CT molecular complexity index is 549. The molecule has 1 atom stereocenters. The van der Waals surface area contributed by atoms with Crippen molar-refractivity contribution in [3.8, 4) is 0 Å². The Balaban J connectivity index is 2.08. The second kappa shape index (κ2) is 7.94. The van der Waals surface area contributed by atoms with Gasteiger partial charge in [0.05, 0.1) is 0 Å². The molecular weight excluding hydrogens is 256 g/mol. The first-order valence-corrected chi connectivity index (χ1v) is 7.90. The summed E-state index contributed by atoms with van der Waals surface area (Å²) in [4.78, 5) is 4.20. The third-order valence-corrected chi connectivity index (χ3v) is 4.02. The molecule has 1 heterocycles. The molecule has 21 heavy (non-hydrogen) atoms. The maximum Gasteiger partial charge on any atom is 0.0323 e. The van der Waals surface area contributed by atoms with Gasteiger partial charge in [-0.05, 0) is 68.0 Å². The van der Waals surface area contributed by atoms with Crippen molar-refractivity contribution < 1.29 is 0 Å². The van der Waals surface area contributed by atoms with Crippen LogP contribution in [0.2, 0.25) is 0 Å². The van der Waals surface area contributed by atoms with Crippen LogP contribution in [-0.2, 0) is 6.42 Å². The number of pyridine rings is 1. The van der Waals surface area contributed by atoms with E-state index in [1.807, 2.05) is 18.5 Å². The first-order valence-electron chi connectivity index (χ1n) is 7.90. The topological polar surface area (TPSA) is 24.9 Å². The minimum absolute atomic E-state index is 0.421. The molecule has 0 bridgehead atoms. The molecule has 2 rings (SSSR count). The van der Waals surface area contributed by atoms with Crippen LogP contribution >= 0.6 is 0 Å². The second-order valence-electron chi connectivity index (χ2n) is 5.75. The summed E-state index contributed by atoms with van der Waals surface area (Å²) < 4.78 is 0. The van der Waals surface area contributed by atoms with Gasteiger partial charge in [0.2, 0.25) is 0 Å². The van der Waals surface area contributed by atoms with Crippen molar-refractivity contribution in [3.05, 3.63) is 65.0 Å². The Labute approximate surface area is 128 Å². The fraction of sp³-hybridized carbons (Fsp3) is 0.421. The largest absolute Gasteiger partial charge is 0.310 e. The molecule has 1 N–H and O–H groups in total. The predicted octanol–water partition coefficient (Wildman–Crippen LogP) is 4.37. The lowest BCUT2D eigenvalue weighted by Gasteiger charge is -2.20. The van der Waals surface area contributed by atoms with Crippen LogP contribution in [0.25, 0.3) is 0 Å². The highest BCUT2D eigenvalue weighted by atomic mass is 14.9. The van der Waals surface area contributed by atoms with E-state index in [1.165, 1.54) is 22.3 Å². The third kappa shape index (κ3) is 4.68. The van der Waals surface area contributed by atoms with Crippen LogP contribution in [-0.4, -0.2) is 11.5 Å². The molecule has 1 unspecified atom stereocenters. The van der Waals surface area contributed by atoms with E-state index in [9.17, 15) is 0 Å². The number of hydrogen-bond acceptors (Lipinski definition) is 2. The van der Waals surface area contributed by atoms with E-state index in [0.717, 1.165) is 25.8 Å². The average Bonchev–Trinajstić information content (AvgIpc) is 2.51. The molecule has 0 aliphatic rings. The number of benzene rings is 1. The van der Waals surface area contributed by atoms with Crippen molar-refractivity contribution in [2.24, 2.45) is 0 Å². The highest BCUT2D eigenvalue weighted by Crippen LogP contribution is 2.21. The van der Waals surface area contributed by atoms with Crippen LogP contribution in [0.5, 0.6) is 0 Å². The molecule has 2 aromatic rings. The summed E-state index contributed by atoms with van der Waals surface area (Å²) in [5, 5.41) is 3.68. The maximum absolute atomic E-state index is 4.20. The van der Waals surface area contributed by atoms with Crippen LogP contribution in [0.3, 0.4) is 0 Å². The smallest absolute Gasteiger partial charge is 0.0323 e. The van der Waals surface area contributed by atoms with Gasteiger partial charge >= 0.3 is 0 Å². The van der Waals surface area contributed by atoms with Crippen molar-refractivity contribution in [1.82, 2.24) is 10.3 Å². The molecule has 0 fully saturated rings. The third-order valence-electron chi connectivity index (χ3n) is 4.02. The lowest BCUT2D eigenvalue weighted by atomic mass is 9.96. The standard InChI is InChI=1S/C19H26N2/c1-4-11-21-19(10-8-17-6-5-12-20-14-17)18-9-7-15(2)16(3)13-18/h5-7,9,12-14,19,21H,4,8,10-11H2,1-3H3. The Kier molecular flexibility index (Phi) is 5.94. The van der Waals surface area contributed by atoms with Crippen molar-refractivity contribution in [1.29, 1.82) is 0 Å². The Hall–Kier alpha value is -1.67. The van der Waals surface area contributed by atoms with E-state index in [-0.39, 0.29) is 0 Å². The number of nitrogens with zero attached hydrogens (tertiary/aromatic N) is 1. The second-order valence-corrected chi connectivity index (χ2v) is 5.75. The summed E-state index contributed by atoms with van der Waals surface area (Å²) in [5.41, 5.74) is 5.44. The molecule has 2 nitrogen and oxygen atoms in total. The number of rotatable bonds is 7. The number of hydrogen-bond donors (Lipinski definition) is 1. The van der Waals surface area contributed by atoms with E-state index in [0.29, 0.717) is 6.04 Å². The Morgan fingerprint density at radius 1 is 1.14 bits per heavy atom. The van der Waals surface area contributed by atoms with Gasteiger partial charge in [-0.1, -0.05) is 31.2 Å². The van der Waals surface area contributed by atoms with Crippen LogP contribution in [0, 0.1) is 13.8 Å². The fourth-order valence-corrected chi connectivity index (χ4v) is 2.54. The van der Waals surface area contributed by atoms with Crippen LogP contribution in [0.1, 0.15) is 48.1 Å². The Morgan fingerprint density at radius 3 is 2.67 bits per heavy atom. The highest BCUT2D eigenvalue weighted by molar-refractivity contribution is 5.32. The number of aromatic nitrogens is 1. The molecule has 0 saturated carbocycles. The van der Waals surface area contributed by atoms with Crippen molar-refractivity contribution in [2.75, 3.05) is 6.54 Å². The maximum atomic E-state index is 4.20. The van der Waals surface area contributed by atoms with Gasteiger partial charge in [-0.2, -0.15) is 0 Å².